The maximum atomic E-state index is 12.1. The average molecular weight is 325 g/mol. The summed E-state index contributed by atoms with van der Waals surface area (Å²) in [5, 5.41) is 16.3. The first-order chi connectivity index (χ1) is 11.0. The largest absolute Gasteiger partial charge is 0.619 e. The lowest BCUT2D eigenvalue weighted by Crippen LogP contribution is -2.27. The Labute approximate surface area is 137 Å². The van der Waals surface area contributed by atoms with Crippen molar-refractivity contribution in [1.82, 2.24) is 4.98 Å². The van der Waals surface area contributed by atoms with Gasteiger partial charge in [0.15, 0.2) is 17.5 Å². The summed E-state index contributed by atoms with van der Waals surface area (Å²) in [6.07, 6.45) is 2.56. The molecule has 0 unspecified atom stereocenters. The van der Waals surface area contributed by atoms with Gasteiger partial charge in [-0.3, -0.25) is 10.1 Å². The number of carbonyl (C=O) groups is 1. The third kappa shape index (κ3) is 3.37. The van der Waals surface area contributed by atoms with Crippen molar-refractivity contribution >= 4 is 22.4 Å². The number of aromatic nitrogens is 2. The molecule has 1 amide bonds. The highest BCUT2D eigenvalue weighted by Gasteiger charge is 2.12. The Morgan fingerprint density at radius 1 is 1.26 bits per heavy atom. The third-order valence-corrected chi connectivity index (χ3v) is 4.32. The molecule has 0 aliphatic heterocycles. The Morgan fingerprint density at radius 3 is 2.83 bits per heavy atom. The SMILES string of the molecule is Cc1ccc(-c2csc(NC(=O)c3ccc[n+]([O-])c3)n2)cc1C. The molecule has 0 bridgehead atoms. The van der Waals surface area contributed by atoms with E-state index in [4.69, 9.17) is 0 Å². The summed E-state index contributed by atoms with van der Waals surface area (Å²) in [6, 6.07) is 9.26. The topological polar surface area (TPSA) is 68.9 Å². The van der Waals surface area contributed by atoms with Crippen LogP contribution in [-0.4, -0.2) is 10.9 Å². The standard InChI is InChI=1S/C17H15N3O2S/c1-11-5-6-13(8-12(11)2)15-10-23-17(18-15)19-16(21)14-4-3-7-20(22)9-14/h3-10H,1-2H3,(H,18,19,21). The Morgan fingerprint density at radius 2 is 2.09 bits per heavy atom. The fourth-order valence-corrected chi connectivity index (χ4v) is 2.84. The van der Waals surface area contributed by atoms with Crippen molar-refractivity contribution in [3.63, 3.8) is 0 Å². The summed E-state index contributed by atoms with van der Waals surface area (Å²) >= 11 is 1.35. The van der Waals surface area contributed by atoms with Crippen LogP contribution in [0.2, 0.25) is 0 Å². The van der Waals surface area contributed by atoms with Crippen LogP contribution in [0.5, 0.6) is 0 Å². The van der Waals surface area contributed by atoms with Gasteiger partial charge in [0.1, 0.15) is 5.56 Å². The molecule has 0 spiro atoms. The van der Waals surface area contributed by atoms with Crippen molar-refractivity contribution < 1.29 is 9.52 Å². The molecule has 0 aliphatic carbocycles. The number of carbonyl (C=O) groups excluding carboxylic acids is 1. The van der Waals surface area contributed by atoms with Gasteiger partial charge in [0.25, 0.3) is 5.91 Å². The lowest BCUT2D eigenvalue weighted by Gasteiger charge is -2.03. The van der Waals surface area contributed by atoms with Crippen molar-refractivity contribution in [3.8, 4) is 11.3 Å². The fourth-order valence-electron chi connectivity index (χ4n) is 2.12. The van der Waals surface area contributed by atoms with Crippen LogP contribution in [-0.2, 0) is 0 Å². The molecule has 0 saturated carbocycles. The van der Waals surface area contributed by atoms with Crippen molar-refractivity contribution in [2.45, 2.75) is 13.8 Å². The van der Waals surface area contributed by atoms with Gasteiger partial charge < -0.3 is 5.21 Å². The van der Waals surface area contributed by atoms with Gasteiger partial charge in [-0.25, -0.2) is 4.98 Å². The molecule has 116 valence electrons. The van der Waals surface area contributed by atoms with Gasteiger partial charge in [0.05, 0.1) is 5.69 Å². The summed E-state index contributed by atoms with van der Waals surface area (Å²) in [4.78, 5) is 16.6. The van der Waals surface area contributed by atoms with Crippen LogP contribution >= 0.6 is 11.3 Å². The van der Waals surface area contributed by atoms with Gasteiger partial charge in [-0.15, -0.1) is 11.3 Å². The van der Waals surface area contributed by atoms with Crippen LogP contribution in [0.4, 0.5) is 5.13 Å². The van der Waals surface area contributed by atoms with Crippen molar-refractivity contribution in [2.24, 2.45) is 0 Å². The molecular formula is C17H15N3O2S. The van der Waals surface area contributed by atoms with Crippen LogP contribution in [0, 0.1) is 19.1 Å². The maximum Gasteiger partial charge on any atom is 0.263 e. The molecule has 1 aromatic carbocycles. The van der Waals surface area contributed by atoms with Crippen LogP contribution in [0.25, 0.3) is 11.3 Å². The zero-order valence-electron chi connectivity index (χ0n) is 12.7. The van der Waals surface area contributed by atoms with Crippen molar-refractivity contribution in [1.29, 1.82) is 0 Å². The molecule has 0 atom stereocenters. The number of anilines is 1. The van der Waals surface area contributed by atoms with E-state index < -0.39 is 0 Å². The van der Waals surface area contributed by atoms with Gasteiger partial charge in [-0.05, 0) is 37.1 Å². The molecule has 1 N–H and O–H groups in total. The van der Waals surface area contributed by atoms with Crippen molar-refractivity contribution in [2.75, 3.05) is 5.32 Å². The smallest absolute Gasteiger partial charge is 0.263 e. The number of aryl methyl sites for hydroxylation is 2. The molecule has 0 aliphatic rings. The van der Waals surface area contributed by atoms with E-state index in [-0.39, 0.29) is 5.91 Å². The number of rotatable bonds is 3. The summed E-state index contributed by atoms with van der Waals surface area (Å²) in [7, 11) is 0. The maximum absolute atomic E-state index is 12.1. The van der Waals surface area contributed by atoms with E-state index in [1.165, 1.54) is 40.9 Å². The zero-order valence-corrected chi connectivity index (χ0v) is 13.6. The van der Waals surface area contributed by atoms with E-state index >= 15 is 0 Å². The molecule has 3 aromatic rings. The predicted octanol–water partition coefficient (Wildman–Crippen LogP) is 3.31. The minimum absolute atomic E-state index is 0.297. The monoisotopic (exact) mass is 325 g/mol. The Hall–Kier alpha value is -2.73. The number of hydrogen-bond acceptors (Lipinski definition) is 4. The predicted molar refractivity (Wildman–Crippen MR) is 90.4 cm³/mol. The Kier molecular flexibility index (Phi) is 4.08. The van der Waals surface area contributed by atoms with Gasteiger partial charge in [-0.2, -0.15) is 4.73 Å². The second-order valence-electron chi connectivity index (χ2n) is 5.24. The summed E-state index contributed by atoms with van der Waals surface area (Å²) < 4.78 is 0.595. The highest BCUT2D eigenvalue weighted by atomic mass is 32.1. The van der Waals surface area contributed by atoms with Crippen LogP contribution < -0.4 is 10.0 Å². The minimum Gasteiger partial charge on any atom is -0.619 e. The molecule has 5 nitrogen and oxygen atoms in total. The molecule has 0 radical (unpaired) electrons. The van der Waals surface area contributed by atoms with E-state index in [9.17, 15) is 10.0 Å². The molecule has 0 fully saturated rings. The van der Waals surface area contributed by atoms with E-state index in [0.717, 1.165) is 11.3 Å². The highest BCUT2D eigenvalue weighted by molar-refractivity contribution is 7.14. The molecule has 0 saturated heterocycles. The van der Waals surface area contributed by atoms with Crippen molar-refractivity contribution in [3.05, 3.63) is 70.0 Å². The average Bonchev–Trinajstić information content (AvgIpc) is 2.98. The van der Waals surface area contributed by atoms with Gasteiger partial charge >= 0.3 is 0 Å². The van der Waals surface area contributed by atoms with Gasteiger partial charge in [0.2, 0.25) is 0 Å². The molecule has 2 heterocycles. The lowest BCUT2D eigenvalue weighted by atomic mass is 10.1. The quantitative estimate of drug-likeness (QED) is 0.593. The number of nitrogens with one attached hydrogen (secondary N) is 1. The number of pyridine rings is 1. The van der Waals surface area contributed by atoms with Crippen LogP contribution in [0.15, 0.2) is 48.1 Å². The Balaban J connectivity index is 1.79. The molecule has 2 aromatic heterocycles. The molecule has 6 heteroatoms. The normalized spacial score (nSPS) is 10.5. The van der Waals surface area contributed by atoms with E-state index in [1.54, 1.807) is 6.07 Å². The third-order valence-electron chi connectivity index (χ3n) is 3.56. The van der Waals surface area contributed by atoms with Crippen LogP contribution in [0.3, 0.4) is 0 Å². The summed E-state index contributed by atoms with van der Waals surface area (Å²) in [5.74, 6) is -0.351. The second kappa shape index (κ2) is 6.18. The first kappa shape index (κ1) is 15.2. The van der Waals surface area contributed by atoms with Gasteiger partial charge in [-0.1, -0.05) is 12.1 Å². The number of hydrogen-bond donors (Lipinski definition) is 1. The Bertz CT molecular complexity index is 874. The number of thiazole rings is 1. The van der Waals surface area contributed by atoms with E-state index in [2.05, 4.69) is 36.3 Å². The first-order valence-corrected chi connectivity index (χ1v) is 7.94. The minimum atomic E-state index is -0.351. The summed E-state index contributed by atoms with van der Waals surface area (Å²) in [6.45, 7) is 4.12. The number of benzene rings is 1. The van der Waals surface area contributed by atoms with Gasteiger partial charge in [0, 0.05) is 17.0 Å². The molecule has 3 rings (SSSR count). The van der Waals surface area contributed by atoms with Crippen LogP contribution in [0.1, 0.15) is 21.5 Å². The summed E-state index contributed by atoms with van der Waals surface area (Å²) in [5.41, 5.74) is 4.56. The number of nitrogens with zero attached hydrogens (tertiary/aromatic N) is 2. The lowest BCUT2D eigenvalue weighted by molar-refractivity contribution is -0.605. The first-order valence-electron chi connectivity index (χ1n) is 7.06. The second-order valence-corrected chi connectivity index (χ2v) is 6.10. The van der Waals surface area contributed by atoms with E-state index in [1.807, 2.05) is 11.4 Å². The fraction of sp³-hybridized carbons (Fsp3) is 0.118. The highest BCUT2D eigenvalue weighted by Crippen LogP contribution is 2.26. The molecular weight excluding hydrogens is 310 g/mol. The zero-order chi connectivity index (χ0) is 16.4. The number of amides is 1. The molecule has 23 heavy (non-hydrogen) atoms. The van der Waals surface area contributed by atoms with E-state index in [0.29, 0.717) is 15.4 Å².